The summed E-state index contributed by atoms with van der Waals surface area (Å²) < 4.78 is 0. The molecule has 11 nitrogen and oxygen atoms in total. The van der Waals surface area contributed by atoms with E-state index in [4.69, 9.17) is 20.7 Å². The summed E-state index contributed by atoms with van der Waals surface area (Å²) in [4.78, 5) is 32.9. The first kappa shape index (κ1) is 19.7. The van der Waals surface area contributed by atoms with E-state index >= 15 is 0 Å². The molecule has 1 aliphatic heterocycles. The van der Waals surface area contributed by atoms with Gasteiger partial charge in [0.25, 0.3) is 0 Å². The fourth-order valence-corrected chi connectivity index (χ4v) is 4.32. The second-order valence-electron chi connectivity index (χ2n) is 8.48. The van der Waals surface area contributed by atoms with Crippen LogP contribution in [0.3, 0.4) is 0 Å². The minimum Gasteiger partial charge on any atom is -0.352 e. The van der Waals surface area contributed by atoms with E-state index in [2.05, 4.69) is 35.0 Å². The number of nitrogens with one attached hydrogen (secondary N) is 2. The van der Waals surface area contributed by atoms with Gasteiger partial charge in [0, 0.05) is 48.8 Å². The van der Waals surface area contributed by atoms with Crippen LogP contribution in [0.25, 0.3) is 56.2 Å². The molecule has 11 heteroatoms. The Morgan fingerprint density at radius 2 is 1.83 bits per heavy atom. The molecule has 7 rings (SSSR count). The molecule has 1 fully saturated rings. The number of aromatic amines is 2. The zero-order valence-electron chi connectivity index (χ0n) is 18.4. The molecular weight excluding hydrogens is 442 g/mol. The Kier molecular flexibility index (Phi) is 4.29. The van der Waals surface area contributed by atoms with E-state index in [1.165, 1.54) is 0 Å². The van der Waals surface area contributed by atoms with Crippen LogP contribution in [-0.2, 0) is 0 Å². The molecule has 4 N–H and O–H groups in total. The minimum absolute atomic E-state index is 0.181. The molecular formula is C24H19N11. The minimum atomic E-state index is 0.181. The van der Waals surface area contributed by atoms with Gasteiger partial charge in [-0.1, -0.05) is 6.07 Å². The molecule has 0 bridgehead atoms. The van der Waals surface area contributed by atoms with Gasteiger partial charge < -0.3 is 15.6 Å². The van der Waals surface area contributed by atoms with E-state index in [0.717, 1.165) is 41.1 Å². The summed E-state index contributed by atoms with van der Waals surface area (Å²) >= 11 is 0. The highest BCUT2D eigenvalue weighted by molar-refractivity contribution is 5.94. The molecule has 170 valence electrons. The van der Waals surface area contributed by atoms with E-state index in [-0.39, 0.29) is 6.04 Å². The Morgan fingerprint density at radius 1 is 0.886 bits per heavy atom. The molecule has 0 spiro atoms. The van der Waals surface area contributed by atoms with Gasteiger partial charge in [-0.3, -0.25) is 15.1 Å². The highest BCUT2D eigenvalue weighted by atomic mass is 15.3. The van der Waals surface area contributed by atoms with Crippen LogP contribution in [0.4, 0.5) is 5.82 Å². The van der Waals surface area contributed by atoms with Crippen molar-refractivity contribution in [3.8, 4) is 34.0 Å². The number of hydrogen-bond acceptors (Lipinski definition) is 9. The quantitative estimate of drug-likeness (QED) is 0.360. The molecule has 7 heterocycles. The van der Waals surface area contributed by atoms with Crippen molar-refractivity contribution in [3.05, 3.63) is 61.3 Å². The monoisotopic (exact) mass is 461 g/mol. The summed E-state index contributed by atoms with van der Waals surface area (Å²) in [6.07, 6.45) is 8.77. The molecule has 6 aromatic rings. The Labute approximate surface area is 198 Å². The number of nitrogens with zero attached hydrogens (tertiary/aromatic N) is 8. The van der Waals surface area contributed by atoms with Gasteiger partial charge in [0.2, 0.25) is 0 Å². The van der Waals surface area contributed by atoms with E-state index in [9.17, 15) is 0 Å². The van der Waals surface area contributed by atoms with Crippen molar-refractivity contribution >= 4 is 28.0 Å². The summed E-state index contributed by atoms with van der Waals surface area (Å²) in [7, 11) is 0. The second-order valence-corrected chi connectivity index (χ2v) is 8.48. The molecule has 0 radical (unpaired) electrons. The fraction of sp³-hybridized carbons (Fsp3) is 0.125. The summed E-state index contributed by atoms with van der Waals surface area (Å²) in [6, 6.07) is 9.84. The summed E-state index contributed by atoms with van der Waals surface area (Å²) in [5.41, 5.74) is 12.7. The predicted molar refractivity (Wildman–Crippen MR) is 131 cm³/mol. The van der Waals surface area contributed by atoms with Crippen molar-refractivity contribution in [2.45, 2.75) is 6.04 Å². The third kappa shape index (κ3) is 3.28. The first-order valence-electron chi connectivity index (χ1n) is 11.2. The van der Waals surface area contributed by atoms with Crippen LogP contribution in [0.2, 0.25) is 0 Å². The Morgan fingerprint density at radius 3 is 2.69 bits per heavy atom. The maximum absolute atomic E-state index is 5.92. The molecule has 35 heavy (non-hydrogen) atoms. The van der Waals surface area contributed by atoms with Gasteiger partial charge in [0.15, 0.2) is 17.2 Å². The number of anilines is 1. The number of rotatable bonds is 4. The van der Waals surface area contributed by atoms with Gasteiger partial charge in [0.1, 0.15) is 22.5 Å². The van der Waals surface area contributed by atoms with Crippen molar-refractivity contribution < 1.29 is 0 Å². The van der Waals surface area contributed by atoms with Crippen molar-refractivity contribution in [3.63, 3.8) is 0 Å². The number of H-pyrrole nitrogens is 2. The van der Waals surface area contributed by atoms with E-state index < -0.39 is 0 Å². The Hall–Kier alpha value is -4.77. The average molecular weight is 461 g/mol. The molecule has 0 aliphatic carbocycles. The summed E-state index contributed by atoms with van der Waals surface area (Å²) in [5, 5.41) is 7.54. The van der Waals surface area contributed by atoms with Crippen LogP contribution in [-0.4, -0.2) is 64.2 Å². The van der Waals surface area contributed by atoms with Crippen LogP contribution in [0.5, 0.6) is 0 Å². The van der Waals surface area contributed by atoms with Gasteiger partial charge >= 0.3 is 0 Å². The third-order valence-electron chi connectivity index (χ3n) is 6.11. The first-order chi connectivity index (χ1) is 17.2. The van der Waals surface area contributed by atoms with Crippen LogP contribution in [0.15, 0.2) is 61.3 Å². The Bertz CT molecular complexity index is 1680. The van der Waals surface area contributed by atoms with E-state index in [1.54, 1.807) is 24.8 Å². The largest absolute Gasteiger partial charge is 0.352 e. The third-order valence-corrected chi connectivity index (χ3v) is 6.11. The molecule has 0 aromatic carbocycles. The van der Waals surface area contributed by atoms with Crippen molar-refractivity contribution in [2.24, 2.45) is 5.73 Å². The van der Waals surface area contributed by atoms with Crippen LogP contribution in [0.1, 0.15) is 0 Å². The standard InChI is InChI=1S/C24H19N11/c25-14-11-35(12-14)19-10-27-9-18(29-19)16-3-4-17-21(30-16)22(34-33-17)24-31-20-15(5-7-28-23(20)32-24)13-2-1-6-26-8-13/h1-10,14H,11-12,25H2,(H,33,34)(H,28,31,32). The predicted octanol–water partition coefficient (Wildman–Crippen LogP) is 2.56. The second kappa shape index (κ2) is 7.64. The molecule has 0 saturated carbocycles. The lowest BCUT2D eigenvalue weighted by molar-refractivity contribution is 0.514. The van der Waals surface area contributed by atoms with Gasteiger partial charge in [-0.15, -0.1) is 0 Å². The zero-order valence-corrected chi connectivity index (χ0v) is 18.4. The summed E-state index contributed by atoms with van der Waals surface area (Å²) in [5.74, 6) is 1.37. The van der Waals surface area contributed by atoms with Crippen molar-refractivity contribution in [2.75, 3.05) is 18.0 Å². The fourth-order valence-electron chi connectivity index (χ4n) is 4.32. The van der Waals surface area contributed by atoms with E-state index in [1.807, 2.05) is 36.5 Å². The molecule has 0 amide bonds. The van der Waals surface area contributed by atoms with Crippen molar-refractivity contribution in [1.29, 1.82) is 0 Å². The topological polar surface area (TPSA) is 151 Å². The lowest BCUT2D eigenvalue weighted by atomic mass is 10.1. The maximum atomic E-state index is 5.92. The Balaban J connectivity index is 1.31. The molecule has 1 aliphatic rings. The van der Waals surface area contributed by atoms with Gasteiger partial charge in [-0.2, -0.15) is 5.10 Å². The summed E-state index contributed by atoms with van der Waals surface area (Å²) in [6.45, 7) is 1.55. The normalized spacial score (nSPS) is 14.0. The van der Waals surface area contributed by atoms with Gasteiger partial charge in [0.05, 0.1) is 23.6 Å². The van der Waals surface area contributed by atoms with E-state index in [0.29, 0.717) is 34.1 Å². The number of imidazole rings is 1. The molecule has 0 unspecified atom stereocenters. The van der Waals surface area contributed by atoms with Gasteiger partial charge in [-0.05, 0) is 24.3 Å². The number of aromatic nitrogens is 9. The van der Waals surface area contributed by atoms with Crippen LogP contribution >= 0.6 is 0 Å². The van der Waals surface area contributed by atoms with Crippen LogP contribution in [0, 0.1) is 0 Å². The maximum Gasteiger partial charge on any atom is 0.162 e. The van der Waals surface area contributed by atoms with Crippen molar-refractivity contribution in [1.82, 2.24) is 45.1 Å². The molecule has 1 saturated heterocycles. The zero-order chi connectivity index (χ0) is 23.4. The number of pyridine rings is 3. The molecule has 0 atom stereocenters. The van der Waals surface area contributed by atoms with Gasteiger partial charge in [-0.25, -0.2) is 19.9 Å². The lowest BCUT2D eigenvalue weighted by Gasteiger charge is -2.37. The number of nitrogens with two attached hydrogens (primary N) is 1. The highest BCUT2D eigenvalue weighted by Crippen LogP contribution is 2.30. The smallest absolute Gasteiger partial charge is 0.162 e. The molecule has 6 aromatic heterocycles. The number of fused-ring (bicyclic) bond motifs is 2. The SMILES string of the molecule is NC1CN(c2cncc(-c3ccc4[nH]nc(-c5nc6c(-c7cccnc7)ccnc6[nH]5)c4n3)n2)C1. The number of hydrogen-bond donors (Lipinski definition) is 3. The van der Waals surface area contributed by atoms with Crippen LogP contribution < -0.4 is 10.6 Å². The first-order valence-corrected chi connectivity index (χ1v) is 11.2. The average Bonchev–Trinajstić information content (AvgIpc) is 3.51. The lowest BCUT2D eigenvalue weighted by Crippen LogP contribution is -2.56. The highest BCUT2D eigenvalue weighted by Gasteiger charge is 2.25.